The number of hydrogen-bond donors (Lipinski definition) is 1. The van der Waals surface area contributed by atoms with E-state index in [2.05, 4.69) is 10.4 Å². The second-order valence-electron chi connectivity index (χ2n) is 1.89. The van der Waals surface area contributed by atoms with E-state index in [4.69, 9.17) is 5.11 Å². The zero-order valence-corrected chi connectivity index (χ0v) is 5.64. The average molecular weight is 150 g/mol. The number of phenolic OH excluding ortho intramolecular Hbond substituents is 1. The fourth-order valence-corrected chi connectivity index (χ4v) is 0.682. The van der Waals surface area contributed by atoms with Gasteiger partial charge in [-0.15, -0.1) is 10.0 Å². The number of para-hydroxylation sites is 1. The Bertz CT molecular complexity index is 284. The third-order valence-corrected chi connectivity index (χ3v) is 1.18. The molecule has 0 amide bonds. The fraction of sp³-hybridized carbons (Fsp3) is 0. The van der Waals surface area contributed by atoms with Crippen molar-refractivity contribution in [2.45, 2.75) is 0 Å². The summed E-state index contributed by atoms with van der Waals surface area (Å²) in [5, 5.41) is 14.5. The molecule has 1 N–H and O–H groups in total. The Morgan fingerprint density at radius 3 is 2.73 bits per heavy atom. The molecule has 1 aromatic carbocycles. The van der Waals surface area contributed by atoms with Crippen LogP contribution in [0.3, 0.4) is 0 Å². The van der Waals surface area contributed by atoms with Crippen molar-refractivity contribution in [2.24, 2.45) is 10.4 Å². The van der Waals surface area contributed by atoms with Gasteiger partial charge in [0, 0.05) is 5.56 Å². The van der Waals surface area contributed by atoms with Gasteiger partial charge in [-0.05, 0) is 12.1 Å². The summed E-state index contributed by atoms with van der Waals surface area (Å²) >= 11 is 0. The lowest BCUT2D eigenvalue weighted by Crippen LogP contribution is -1.79. The molecule has 1 aromatic rings. The molecule has 0 aromatic heterocycles. The fourth-order valence-electron chi connectivity index (χ4n) is 0.682. The van der Waals surface area contributed by atoms with Crippen molar-refractivity contribution < 1.29 is 5.11 Å². The Kier molecular flexibility index (Phi) is 2.32. The topological polar surface area (TPSA) is 62.0 Å². The molecule has 4 nitrogen and oxygen atoms in total. The first-order valence-corrected chi connectivity index (χ1v) is 2.98. The van der Waals surface area contributed by atoms with E-state index in [1.165, 1.54) is 12.3 Å². The van der Waals surface area contributed by atoms with Crippen LogP contribution in [-0.2, 0) is 0 Å². The molecule has 0 aliphatic carbocycles. The molecule has 0 aliphatic heterocycles. The highest BCUT2D eigenvalue weighted by molar-refractivity contribution is 5.82. The van der Waals surface area contributed by atoms with E-state index >= 15 is 0 Å². The molecule has 0 saturated heterocycles. The Morgan fingerprint density at radius 1 is 1.36 bits per heavy atom. The number of phenols is 1. The van der Waals surface area contributed by atoms with Gasteiger partial charge in [0.05, 0.1) is 11.5 Å². The first-order valence-electron chi connectivity index (χ1n) is 2.98. The van der Waals surface area contributed by atoms with Crippen molar-refractivity contribution in [3.05, 3.63) is 34.7 Å². The third-order valence-electron chi connectivity index (χ3n) is 1.18. The van der Waals surface area contributed by atoms with Gasteiger partial charge in [0.2, 0.25) is 0 Å². The van der Waals surface area contributed by atoms with E-state index in [1.807, 2.05) is 0 Å². The van der Waals surface area contributed by atoms with Crippen LogP contribution < -0.4 is 0 Å². The predicted molar refractivity (Wildman–Crippen MR) is 41.5 cm³/mol. The number of rotatable bonds is 2. The van der Waals surface area contributed by atoms with E-state index in [-0.39, 0.29) is 5.75 Å². The summed E-state index contributed by atoms with van der Waals surface area (Å²) in [7, 11) is 0. The molecule has 11 heavy (non-hydrogen) atoms. The van der Waals surface area contributed by atoms with Crippen molar-refractivity contribution >= 4 is 6.21 Å². The minimum absolute atomic E-state index is 0.0832. The molecule has 0 saturated carbocycles. The summed E-state index contributed by atoms with van der Waals surface area (Å²) in [6, 6.07) is 6.54. The van der Waals surface area contributed by atoms with Crippen molar-refractivity contribution in [3.8, 4) is 5.75 Å². The summed E-state index contributed by atoms with van der Waals surface area (Å²) in [5.74, 6) is 0.0832. The smallest absolute Gasteiger partial charge is 0.124 e. The zero-order valence-electron chi connectivity index (χ0n) is 5.64. The molecule has 0 spiro atoms. The molecule has 1 rings (SSSR count). The lowest BCUT2D eigenvalue weighted by molar-refractivity contribution is 0.474. The molecule has 0 radical (unpaired) electrons. The standard InChI is InChI=1S/C7H6N2O2/c10-7-4-2-1-3-6(7)5-8-9-11/h1-5,10H/b8-5+. The molecule has 0 heterocycles. The molecule has 0 atom stereocenters. The van der Waals surface area contributed by atoms with E-state index in [9.17, 15) is 4.91 Å². The highest BCUT2D eigenvalue weighted by atomic mass is 16.3. The predicted octanol–water partition coefficient (Wildman–Crippen LogP) is 1.49. The molecule has 0 unspecified atom stereocenters. The minimum Gasteiger partial charge on any atom is -0.507 e. The van der Waals surface area contributed by atoms with Crippen LogP contribution in [0.1, 0.15) is 5.56 Å². The van der Waals surface area contributed by atoms with Gasteiger partial charge in [0.15, 0.2) is 0 Å². The Balaban J connectivity index is 2.94. The molecule has 4 heteroatoms. The largest absolute Gasteiger partial charge is 0.507 e. The van der Waals surface area contributed by atoms with Crippen molar-refractivity contribution in [1.82, 2.24) is 0 Å². The maximum atomic E-state index is 9.56. The second-order valence-corrected chi connectivity index (χ2v) is 1.89. The first-order chi connectivity index (χ1) is 5.34. The quantitative estimate of drug-likeness (QED) is 0.394. The normalized spacial score (nSPS) is 10.2. The summed E-state index contributed by atoms with van der Waals surface area (Å²) in [5.41, 5.74) is 0.479. The van der Waals surface area contributed by atoms with Crippen LogP contribution in [0.2, 0.25) is 0 Å². The summed E-state index contributed by atoms with van der Waals surface area (Å²) in [6.45, 7) is 0. The Hall–Kier alpha value is -1.71. The zero-order chi connectivity index (χ0) is 8.10. The summed E-state index contributed by atoms with van der Waals surface area (Å²) in [6.07, 6.45) is 1.20. The van der Waals surface area contributed by atoms with Crippen LogP contribution in [0.25, 0.3) is 0 Å². The molecule has 0 bridgehead atoms. The molecular weight excluding hydrogens is 144 g/mol. The molecule has 0 fully saturated rings. The van der Waals surface area contributed by atoms with Gasteiger partial charge in [-0.3, -0.25) is 0 Å². The number of aromatic hydroxyl groups is 1. The van der Waals surface area contributed by atoms with Crippen molar-refractivity contribution in [3.63, 3.8) is 0 Å². The van der Waals surface area contributed by atoms with Crippen LogP contribution in [0.5, 0.6) is 5.75 Å². The summed E-state index contributed by atoms with van der Waals surface area (Å²) < 4.78 is 0. The number of hydrogen-bond acceptors (Lipinski definition) is 3. The van der Waals surface area contributed by atoms with E-state index in [0.717, 1.165) is 0 Å². The third kappa shape index (κ3) is 1.86. The Morgan fingerprint density at radius 2 is 2.09 bits per heavy atom. The van der Waals surface area contributed by atoms with Crippen molar-refractivity contribution in [2.75, 3.05) is 0 Å². The monoisotopic (exact) mass is 150 g/mol. The number of benzene rings is 1. The lowest BCUT2D eigenvalue weighted by atomic mass is 10.2. The Labute approximate surface area is 63.2 Å². The average Bonchev–Trinajstić information content (AvgIpc) is 2.03. The molecule has 0 aliphatic rings. The summed E-state index contributed by atoms with van der Waals surface area (Å²) in [4.78, 5) is 9.56. The van der Waals surface area contributed by atoms with Crippen LogP contribution >= 0.6 is 0 Å². The maximum absolute atomic E-state index is 9.56. The number of nitrogens with zero attached hydrogens (tertiary/aromatic N) is 2. The highest BCUT2D eigenvalue weighted by Gasteiger charge is 1.93. The first kappa shape index (κ1) is 7.40. The van der Waals surface area contributed by atoms with Gasteiger partial charge in [-0.1, -0.05) is 12.1 Å². The van der Waals surface area contributed by atoms with Gasteiger partial charge in [0.1, 0.15) is 5.75 Å². The van der Waals surface area contributed by atoms with Crippen LogP contribution in [0, 0.1) is 4.91 Å². The number of nitroso groups, excluding NO2 is 1. The van der Waals surface area contributed by atoms with E-state index in [1.54, 1.807) is 18.2 Å². The van der Waals surface area contributed by atoms with Gasteiger partial charge in [-0.2, -0.15) is 0 Å². The SMILES string of the molecule is O=N/N=C/c1ccccc1O. The second kappa shape index (κ2) is 3.46. The van der Waals surface area contributed by atoms with Crippen LogP contribution in [-0.4, -0.2) is 11.3 Å². The van der Waals surface area contributed by atoms with E-state index < -0.39 is 0 Å². The minimum atomic E-state index is 0.0832. The molecule has 56 valence electrons. The van der Waals surface area contributed by atoms with Gasteiger partial charge >= 0.3 is 0 Å². The van der Waals surface area contributed by atoms with E-state index in [0.29, 0.717) is 5.56 Å². The molecular formula is C7H6N2O2. The van der Waals surface area contributed by atoms with Gasteiger partial charge in [-0.25, -0.2) is 0 Å². The maximum Gasteiger partial charge on any atom is 0.124 e. The van der Waals surface area contributed by atoms with Gasteiger partial charge in [0.25, 0.3) is 0 Å². The van der Waals surface area contributed by atoms with Crippen molar-refractivity contribution in [1.29, 1.82) is 0 Å². The van der Waals surface area contributed by atoms with Gasteiger partial charge < -0.3 is 5.11 Å². The van der Waals surface area contributed by atoms with Crippen LogP contribution in [0.4, 0.5) is 0 Å². The lowest BCUT2D eigenvalue weighted by Gasteiger charge is -1.93. The highest BCUT2D eigenvalue weighted by Crippen LogP contribution is 2.12. The van der Waals surface area contributed by atoms with Crippen LogP contribution in [0.15, 0.2) is 34.7 Å².